The lowest BCUT2D eigenvalue weighted by Crippen LogP contribution is -2.19. The monoisotopic (exact) mass is 302 g/mol. The summed E-state index contributed by atoms with van der Waals surface area (Å²) in [5.41, 5.74) is 3.39. The minimum absolute atomic E-state index is 0.311. The summed E-state index contributed by atoms with van der Waals surface area (Å²) < 4.78 is 13.7. The Labute approximate surface area is 130 Å². The standard InChI is InChI=1S/C17H19FN2S/c1-11(2)13-5-7-14(8-6-13)19-17(21)20-16-9-4-12(3)10-15(16)18/h4-11H,1-3H3,(H2,19,20,21). The predicted molar refractivity (Wildman–Crippen MR) is 91.5 cm³/mol. The quantitative estimate of drug-likeness (QED) is 0.774. The Kier molecular flexibility index (Phi) is 4.91. The molecule has 110 valence electrons. The van der Waals surface area contributed by atoms with Crippen LogP contribution in [0.25, 0.3) is 0 Å². The van der Waals surface area contributed by atoms with Crippen molar-refractivity contribution in [2.45, 2.75) is 26.7 Å². The van der Waals surface area contributed by atoms with Crippen LogP contribution in [-0.4, -0.2) is 5.11 Å². The number of hydrogen-bond donors (Lipinski definition) is 2. The van der Waals surface area contributed by atoms with E-state index in [1.54, 1.807) is 6.07 Å². The second kappa shape index (κ2) is 6.68. The van der Waals surface area contributed by atoms with Crippen molar-refractivity contribution in [3.05, 3.63) is 59.4 Å². The lowest BCUT2D eigenvalue weighted by atomic mass is 10.0. The van der Waals surface area contributed by atoms with Gasteiger partial charge in [-0.3, -0.25) is 0 Å². The molecule has 0 fully saturated rings. The maximum absolute atomic E-state index is 13.7. The molecule has 2 rings (SSSR count). The summed E-state index contributed by atoms with van der Waals surface area (Å²) in [5, 5.41) is 6.29. The molecule has 0 amide bonds. The molecule has 4 heteroatoms. The average Bonchev–Trinajstić information content (AvgIpc) is 2.42. The maximum Gasteiger partial charge on any atom is 0.175 e. The van der Waals surface area contributed by atoms with Gasteiger partial charge in [0.05, 0.1) is 5.69 Å². The van der Waals surface area contributed by atoms with E-state index >= 15 is 0 Å². The summed E-state index contributed by atoms with van der Waals surface area (Å²) >= 11 is 5.21. The molecule has 0 aliphatic carbocycles. The lowest BCUT2D eigenvalue weighted by molar-refractivity contribution is 0.631. The summed E-state index contributed by atoms with van der Waals surface area (Å²) in [5.74, 6) is 0.181. The fourth-order valence-electron chi connectivity index (χ4n) is 1.96. The number of anilines is 2. The van der Waals surface area contributed by atoms with Crippen molar-refractivity contribution in [1.82, 2.24) is 0 Å². The second-order valence-corrected chi connectivity index (χ2v) is 5.75. The lowest BCUT2D eigenvalue weighted by Gasteiger charge is -2.12. The summed E-state index contributed by atoms with van der Waals surface area (Å²) in [6.07, 6.45) is 0. The van der Waals surface area contributed by atoms with Crippen molar-refractivity contribution in [3.8, 4) is 0 Å². The molecule has 0 atom stereocenters. The fourth-order valence-corrected chi connectivity index (χ4v) is 2.19. The van der Waals surface area contributed by atoms with Crippen LogP contribution in [0.15, 0.2) is 42.5 Å². The third-order valence-electron chi connectivity index (χ3n) is 3.21. The molecule has 0 aliphatic rings. The molecule has 0 unspecified atom stereocenters. The SMILES string of the molecule is Cc1ccc(NC(=S)Nc2ccc(C(C)C)cc2)c(F)c1. The van der Waals surface area contributed by atoms with Crippen molar-refractivity contribution in [2.75, 3.05) is 10.6 Å². The van der Waals surface area contributed by atoms with E-state index in [0.29, 0.717) is 16.7 Å². The minimum atomic E-state index is -0.311. The molecule has 0 saturated carbocycles. The number of halogens is 1. The number of aryl methyl sites for hydroxylation is 1. The third kappa shape index (κ3) is 4.26. The highest BCUT2D eigenvalue weighted by Gasteiger charge is 2.05. The van der Waals surface area contributed by atoms with Crippen LogP contribution in [0.5, 0.6) is 0 Å². The van der Waals surface area contributed by atoms with E-state index in [1.165, 1.54) is 11.6 Å². The molecule has 0 heterocycles. The van der Waals surface area contributed by atoms with Gasteiger partial charge in [0.1, 0.15) is 5.82 Å². The maximum atomic E-state index is 13.7. The van der Waals surface area contributed by atoms with Gasteiger partial charge in [-0.2, -0.15) is 0 Å². The van der Waals surface area contributed by atoms with Crippen LogP contribution in [0, 0.1) is 12.7 Å². The summed E-state index contributed by atoms with van der Waals surface area (Å²) in [6.45, 7) is 6.14. The van der Waals surface area contributed by atoms with Crippen LogP contribution >= 0.6 is 12.2 Å². The fraction of sp³-hybridized carbons (Fsp3) is 0.235. The highest BCUT2D eigenvalue weighted by Crippen LogP contribution is 2.18. The van der Waals surface area contributed by atoms with Gasteiger partial charge in [0.2, 0.25) is 0 Å². The first-order valence-corrected chi connectivity index (χ1v) is 7.30. The zero-order valence-corrected chi connectivity index (χ0v) is 13.2. The van der Waals surface area contributed by atoms with Gasteiger partial charge in [-0.15, -0.1) is 0 Å². The zero-order valence-electron chi connectivity index (χ0n) is 12.4. The van der Waals surface area contributed by atoms with Gasteiger partial charge in [0.25, 0.3) is 0 Å². The molecule has 21 heavy (non-hydrogen) atoms. The summed E-state index contributed by atoms with van der Waals surface area (Å²) in [6, 6.07) is 13.0. The Morgan fingerprint density at radius 1 is 1.05 bits per heavy atom. The molecule has 0 radical (unpaired) electrons. The van der Waals surface area contributed by atoms with E-state index in [1.807, 2.05) is 25.1 Å². The molecular formula is C17H19FN2S. The van der Waals surface area contributed by atoms with Crippen LogP contribution in [-0.2, 0) is 0 Å². The highest BCUT2D eigenvalue weighted by molar-refractivity contribution is 7.80. The molecule has 2 aromatic rings. The Hall–Kier alpha value is -1.94. The van der Waals surface area contributed by atoms with Crippen molar-refractivity contribution >= 4 is 28.7 Å². The van der Waals surface area contributed by atoms with Gasteiger partial charge in [-0.25, -0.2) is 4.39 Å². The van der Waals surface area contributed by atoms with E-state index in [0.717, 1.165) is 11.3 Å². The van der Waals surface area contributed by atoms with Crippen molar-refractivity contribution in [1.29, 1.82) is 0 Å². The normalized spacial score (nSPS) is 10.5. The topological polar surface area (TPSA) is 24.1 Å². The van der Waals surface area contributed by atoms with Gasteiger partial charge < -0.3 is 10.6 Å². The van der Waals surface area contributed by atoms with Crippen LogP contribution in [0.2, 0.25) is 0 Å². The van der Waals surface area contributed by atoms with Gasteiger partial charge in [-0.05, 0) is 60.5 Å². The molecule has 2 aromatic carbocycles. The minimum Gasteiger partial charge on any atom is -0.332 e. The first-order chi connectivity index (χ1) is 9.95. The molecular weight excluding hydrogens is 283 g/mol. The molecule has 2 N–H and O–H groups in total. The van der Waals surface area contributed by atoms with Crippen molar-refractivity contribution in [3.63, 3.8) is 0 Å². The van der Waals surface area contributed by atoms with Crippen LogP contribution < -0.4 is 10.6 Å². The summed E-state index contributed by atoms with van der Waals surface area (Å²) in [4.78, 5) is 0. The first-order valence-electron chi connectivity index (χ1n) is 6.90. The first kappa shape index (κ1) is 15.4. The molecule has 2 nitrogen and oxygen atoms in total. The zero-order chi connectivity index (χ0) is 15.4. The highest BCUT2D eigenvalue weighted by atomic mass is 32.1. The van der Waals surface area contributed by atoms with Gasteiger partial charge in [0.15, 0.2) is 5.11 Å². The van der Waals surface area contributed by atoms with Gasteiger partial charge >= 0.3 is 0 Å². The number of hydrogen-bond acceptors (Lipinski definition) is 1. The third-order valence-corrected chi connectivity index (χ3v) is 3.41. The Balaban J connectivity index is 2.01. The number of nitrogens with one attached hydrogen (secondary N) is 2. The van der Waals surface area contributed by atoms with Crippen molar-refractivity contribution < 1.29 is 4.39 Å². The molecule has 0 spiro atoms. The Morgan fingerprint density at radius 3 is 2.29 bits per heavy atom. The molecule has 0 aromatic heterocycles. The van der Waals surface area contributed by atoms with E-state index < -0.39 is 0 Å². The number of rotatable bonds is 3. The van der Waals surface area contributed by atoms with Crippen LogP contribution in [0.1, 0.15) is 30.9 Å². The van der Waals surface area contributed by atoms with E-state index in [9.17, 15) is 4.39 Å². The largest absolute Gasteiger partial charge is 0.332 e. The van der Waals surface area contributed by atoms with Crippen molar-refractivity contribution in [2.24, 2.45) is 0 Å². The van der Waals surface area contributed by atoms with Gasteiger partial charge in [-0.1, -0.05) is 32.0 Å². The number of thiocarbonyl (C=S) groups is 1. The van der Waals surface area contributed by atoms with Gasteiger partial charge in [0, 0.05) is 5.69 Å². The van der Waals surface area contributed by atoms with Crippen LogP contribution in [0.4, 0.5) is 15.8 Å². The Morgan fingerprint density at radius 2 is 1.71 bits per heavy atom. The summed E-state index contributed by atoms with van der Waals surface area (Å²) in [7, 11) is 0. The van der Waals surface area contributed by atoms with E-state index in [4.69, 9.17) is 12.2 Å². The Bertz CT molecular complexity index is 636. The van der Waals surface area contributed by atoms with Crippen LogP contribution in [0.3, 0.4) is 0 Å². The number of benzene rings is 2. The smallest absolute Gasteiger partial charge is 0.175 e. The average molecular weight is 302 g/mol. The second-order valence-electron chi connectivity index (χ2n) is 5.34. The van der Waals surface area contributed by atoms with E-state index in [-0.39, 0.29) is 5.82 Å². The molecule has 0 bridgehead atoms. The van der Waals surface area contributed by atoms with E-state index in [2.05, 4.69) is 36.6 Å². The molecule has 0 aliphatic heterocycles. The predicted octanol–water partition coefficient (Wildman–Crippen LogP) is 5.07. The molecule has 0 saturated heterocycles.